The lowest BCUT2D eigenvalue weighted by molar-refractivity contribution is -0.114. The molecule has 3 aromatic carbocycles. The minimum Gasteiger partial charge on any atom is -0.324 e. The van der Waals surface area contributed by atoms with Crippen LogP contribution in [0.15, 0.2) is 71.6 Å². The predicted octanol–water partition coefficient (Wildman–Crippen LogP) is 4.75. The van der Waals surface area contributed by atoms with Crippen molar-refractivity contribution in [2.75, 3.05) is 16.2 Å². The van der Waals surface area contributed by atoms with Crippen molar-refractivity contribution in [2.24, 2.45) is 0 Å². The molecule has 0 fully saturated rings. The minimum atomic E-state index is -3.94. The van der Waals surface area contributed by atoms with Crippen LogP contribution in [0.2, 0.25) is 0 Å². The van der Waals surface area contributed by atoms with Gasteiger partial charge in [-0.05, 0) is 68.7 Å². The van der Waals surface area contributed by atoms with E-state index in [1.165, 1.54) is 4.31 Å². The van der Waals surface area contributed by atoms with Gasteiger partial charge in [-0.25, -0.2) is 8.42 Å². The maximum Gasteiger partial charge on any atom is 0.264 e. The van der Waals surface area contributed by atoms with Crippen LogP contribution >= 0.6 is 0 Å². The van der Waals surface area contributed by atoms with Gasteiger partial charge in [0.25, 0.3) is 10.0 Å². The molecule has 30 heavy (non-hydrogen) atoms. The molecule has 0 radical (unpaired) electrons. The van der Waals surface area contributed by atoms with Crippen molar-refractivity contribution < 1.29 is 13.2 Å². The number of benzene rings is 3. The number of nitrogens with zero attached hydrogens (tertiary/aromatic N) is 1. The van der Waals surface area contributed by atoms with Crippen LogP contribution in [-0.4, -0.2) is 20.9 Å². The Morgan fingerprint density at radius 2 is 1.47 bits per heavy atom. The van der Waals surface area contributed by atoms with Crippen molar-refractivity contribution >= 4 is 27.3 Å². The highest BCUT2D eigenvalue weighted by Crippen LogP contribution is 2.28. The van der Waals surface area contributed by atoms with E-state index in [9.17, 15) is 13.2 Å². The molecule has 0 unspecified atom stereocenters. The summed E-state index contributed by atoms with van der Waals surface area (Å²) in [6.07, 6.45) is 0. The van der Waals surface area contributed by atoms with Crippen LogP contribution in [0.4, 0.5) is 11.4 Å². The van der Waals surface area contributed by atoms with Gasteiger partial charge in [-0.15, -0.1) is 0 Å². The van der Waals surface area contributed by atoms with Gasteiger partial charge >= 0.3 is 0 Å². The van der Waals surface area contributed by atoms with Crippen molar-refractivity contribution in [3.63, 3.8) is 0 Å². The number of sulfonamides is 1. The predicted molar refractivity (Wildman–Crippen MR) is 121 cm³/mol. The molecule has 0 saturated heterocycles. The molecule has 5 nitrogen and oxygen atoms in total. The number of carbonyl (C=O) groups is 1. The molecule has 0 atom stereocenters. The van der Waals surface area contributed by atoms with Gasteiger partial charge in [-0.2, -0.15) is 0 Å². The zero-order valence-electron chi connectivity index (χ0n) is 17.6. The van der Waals surface area contributed by atoms with Crippen molar-refractivity contribution in [1.82, 2.24) is 0 Å². The number of carbonyl (C=O) groups excluding carboxylic acids is 1. The average Bonchev–Trinajstić information content (AvgIpc) is 2.70. The van der Waals surface area contributed by atoms with Gasteiger partial charge in [0.05, 0.1) is 10.6 Å². The normalized spacial score (nSPS) is 11.2. The Bertz CT molecular complexity index is 1170. The molecule has 0 aliphatic heterocycles. The number of rotatable bonds is 6. The zero-order chi connectivity index (χ0) is 21.9. The molecular weight excluding hydrogens is 396 g/mol. The Morgan fingerprint density at radius 3 is 2.13 bits per heavy atom. The van der Waals surface area contributed by atoms with Crippen LogP contribution in [0.1, 0.15) is 22.3 Å². The topological polar surface area (TPSA) is 66.5 Å². The molecule has 1 N–H and O–H groups in total. The van der Waals surface area contributed by atoms with E-state index in [1.54, 1.807) is 36.4 Å². The summed E-state index contributed by atoms with van der Waals surface area (Å²) >= 11 is 0. The third-order valence-electron chi connectivity index (χ3n) is 4.95. The van der Waals surface area contributed by atoms with Gasteiger partial charge in [0, 0.05) is 5.69 Å². The molecular formula is C24H26N2O3S. The summed E-state index contributed by atoms with van der Waals surface area (Å²) in [7, 11) is -3.94. The summed E-state index contributed by atoms with van der Waals surface area (Å²) in [4.78, 5) is 13.0. The first-order valence-corrected chi connectivity index (χ1v) is 11.1. The molecule has 0 heterocycles. The number of hydrogen-bond donors (Lipinski definition) is 1. The number of aryl methyl sites for hydroxylation is 4. The van der Waals surface area contributed by atoms with E-state index in [0.29, 0.717) is 11.4 Å². The quantitative estimate of drug-likeness (QED) is 0.623. The summed E-state index contributed by atoms with van der Waals surface area (Å²) in [6, 6.07) is 19.6. The largest absolute Gasteiger partial charge is 0.324 e. The second-order valence-electron chi connectivity index (χ2n) is 7.48. The van der Waals surface area contributed by atoms with Gasteiger partial charge < -0.3 is 5.32 Å². The number of nitrogens with one attached hydrogen (secondary N) is 1. The highest BCUT2D eigenvalue weighted by atomic mass is 32.2. The lowest BCUT2D eigenvalue weighted by Gasteiger charge is -2.26. The van der Waals surface area contributed by atoms with E-state index in [1.807, 2.05) is 58.0 Å². The van der Waals surface area contributed by atoms with Crippen molar-refractivity contribution in [1.29, 1.82) is 0 Å². The second kappa shape index (κ2) is 8.71. The Balaban J connectivity index is 2.01. The van der Waals surface area contributed by atoms with Gasteiger partial charge in [0.2, 0.25) is 5.91 Å². The zero-order valence-corrected chi connectivity index (χ0v) is 18.5. The summed E-state index contributed by atoms with van der Waals surface area (Å²) in [6.45, 7) is 7.20. The number of anilines is 2. The van der Waals surface area contributed by atoms with E-state index in [2.05, 4.69) is 5.32 Å². The highest BCUT2D eigenvalue weighted by Gasteiger charge is 2.28. The maximum absolute atomic E-state index is 13.5. The van der Waals surface area contributed by atoms with Gasteiger partial charge in [0.1, 0.15) is 6.54 Å². The lowest BCUT2D eigenvalue weighted by Crippen LogP contribution is -2.38. The Hall–Kier alpha value is -3.12. The molecule has 0 bridgehead atoms. The summed E-state index contributed by atoms with van der Waals surface area (Å²) in [5, 5.41) is 2.83. The van der Waals surface area contributed by atoms with Crippen molar-refractivity contribution in [2.45, 2.75) is 32.6 Å². The average molecular weight is 423 g/mol. The molecule has 0 spiro atoms. The van der Waals surface area contributed by atoms with Crippen molar-refractivity contribution in [3.05, 3.63) is 89.0 Å². The smallest absolute Gasteiger partial charge is 0.264 e. The molecule has 3 aromatic rings. The van der Waals surface area contributed by atoms with Crippen LogP contribution in [0.3, 0.4) is 0 Å². The fourth-order valence-electron chi connectivity index (χ4n) is 3.16. The first-order chi connectivity index (χ1) is 14.2. The fraction of sp³-hybridized carbons (Fsp3) is 0.208. The number of para-hydroxylation sites is 1. The maximum atomic E-state index is 13.5. The van der Waals surface area contributed by atoms with E-state index in [-0.39, 0.29) is 11.4 Å². The van der Waals surface area contributed by atoms with Gasteiger partial charge in [0.15, 0.2) is 0 Å². The monoisotopic (exact) mass is 422 g/mol. The second-order valence-corrected chi connectivity index (χ2v) is 9.34. The third-order valence-corrected chi connectivity index (χ3v) is 6.72. The SMILES string of the molecule is Cc1ccc(S(=O)(=O)N(CC(=O)Nc2ccccc2C)c2cc(C)ccc2C)cc1. The van der Waals surface area contributed by atoms with Crippen LogP contribution in [0.25, 0.3) is 0 Å². The summed E-state index contributed by atoms with van der Waals surface area (Å²) < 4.78 is 28.2. The molecule has 6 heteroatoms. The van der Waals surface area contributed by atoms with E-state index >= 15 is 0 Å². The standard InChI is InChI=1S/C24H26N2O3S/c1-17-10-13-21(14-11-17)30(28,29)26(23-15-18(2)9-12-20(23)4)16-24(27)25-22-8-6-5-7-19(22)3/h5-15H,16H2,1-4H3,(H,25,27). The van der Waals surface area contributed by atoms with E-state index < -0.39 is 15.9 Å². The van der Waals surface area contributed by atoms with Crippen molar-refractivity contribution in [3.8, 4) is 0 Å². The lowest BCUT2D eigenvalue weighted by atomic mass is 10.1. The van der Waals surface area contributed by atoms with Crippen LogP contribution in [-0.2, 0) is 14.8 Å². The minimum absolute atomic E-state index is 0.151. The van der Waals surface area contributed by atoms with E-state index in [4.69, 9.17) is 0 Å². The molecule has 0 saturated carbocycles. The Kier molecular flexibility index (Phi) is 6.27. The highest BCUT2D eigenvalue weighted by molar-refractivity contribution is 7.92. The fourth-order valence-corrected chi connectivity index (χ4v) is 4.64. The Morgan fingerprint density at radius 1 is 0.833 bits per heavy atom. The number of amides is 1. The molecule has 0 aliphatic rings. The van der Waals surface area contributed by atoms with Gasteiger partial charge in [-0.1, -0.05) is 48.0 Å². The molecule has 1 amide bonds. The molecule has 0 aliphatic carbocycles. The Labute approximate surface area is 178 Å². The molecule has 156 valence electrons. The molecule has 3 rings (SSSR count). The number of hydrogen-bond acceptors (Lipinski definition) is 3. The van der Waals surface area contributed by atoms with Crippen LogP contribution in [0, 0.1) is 27.7 Å². The first kappa shape index (κ1) is 21.6. The van der Waals surface area contributed by atoms with Gasteiger partial charge in [-0.3, -0.25) is 9.10 Å². The van der Waals surface area contributed by atoms with Crippen LogP contribution in [0.5, 0.6) is 0 Å². The summed E-state index contributed by atoms with van der Waals surface area (Å²) in [5.41, 5.74) is 4.72. The summed E-state index contributed by atoms with van der Waals surface area (Å²) in [5.74, 6) is -0.402. The van der Waals surface area contributed by atoms with E-state index in [0.717, 1.165) is 22.3 Å². The van der Waals surface area contributed by atoms with Crippen LogP contribution < -0.4 is 9.62 Å². The third kappa shape index (κ3) is 4.71. The molecule has 0 aromatic heterocycles. The first-order valence-electron chi connectivity index (χ1n) is 9.70.